The van der Waals surface area contributed by atoms with Gasteiger partial charge in [-0.1, -0.05) is 23.8 Å². The fourth-order valence-electron chi connectivity index (χ4n) is 4.27. The van der Waals surface area contributed by atoms with Crippen molar-refractivity contribution in [2.24, 2.45) is 0 Å². The first-order chi connectivity index (χ1) is 16.6. The van der Waals surface area contributed by atoms with Gasteiger partial charge in [0, 0.05) is 5.69 Å². The lowest BCUT2D eigenvalue weighted by atomic mass is 10.1. The molecule has 0 bridgehead atoms. The van der Waals surface area contributed by atoms with E-state index in [1.807, 2.05) is 58.9 Å². The number of anilines is 1. The van der Waals surface area contributed by atoms with E-state index < -0.39 is 5.91 Å². The Morgan fingerprint density at radius 3 is 2.17 bits per heavy atom. The van der Waals surface area contributed by atoms with Gasteiger partial charge in [0.25, 0.3) is 5.56 Å². The highest BCUT2D eigenvalue weighted by Gasteiger charge is 2.15. The summed E-state index contributed by atoms with van der Waals surface area (Å²) in [7, 11) is 0. The first-order valence-corrected chi connectivity index (χ1v) is 11.3. The maximum absolute atomic E-state index is 12.9. The smallest absolute Gasteiger partial charge is 0.264 e. The number of hydrogen-bond donors (Lipinski definition) is 2. The molecule has 9 heteroatoms. The molecule has 4 rings (SSSR count). The summed E-state index contributed by atoms with van der Waals surface area (Å²) in [6, 6.07) is 9.95. The van der Waals surface area contributed by atoms with Gasteiger partial charge in [0.1, 0.15) is 18.3 Å². The van der Waals surface area contributed by atoms with E-state index >= 15 is 0 Å². The van der Waals surface area contributed by atoms with Crippen LogP contribution in [0.1, 0.15) is 27.8 Å². The summed E-state index contributed by atoms with van der Waals surface area (Å²) in [5.41, 5.74) is 6.75. The largest absolute Gasteiger partial charge is 0.345 e. The van der Waals surface area contributed by atoms with Crippen molar-refractivity contribution < 1.29 is 9.59 Å². The van der Waals surface area contributed by atoms with E-state index in [1.165, 1.54) is 17.1 Å². The summed E-state index contributed by atoms with van der Waals surface area (Å²) >= 11 is 0. The van der Waals surface area contributed by atoms with Crippen LogP contribution in [0.2, 0.25) is 0 Å². The van der Waals surface area contributed by atoms with Gasteiger partial charge < -0.3 is 10.6 Å². The Morgan fingerprint density at radius 2 is 1.51 bits per heavy atom. The van der Waals surface area contributed by atoms with E-state index in [0.29, 0.717) is 11.0 Å². The lowest BCUT2D eigenvalue weighted by Gasteiger charge is -2.13. The third kappa shape index (κ3) is 5.13. The lowest BCUT2D eigenvalue weighted by Crippen LogP contribution is -2.37. The molecule has 180 valence electrons. The monoisotopic (exact) mass is 472 g/mol. The number of carbonyl (C=O) groups excluding carboxylic acids is 2. The van der Waals surface area contributed by atoms with Gasteiger partial charge in [-0.3, -0.25) is 19.0 Å². The van der Waals surface area contributed by atoms with Crippen molar-refractivity contribution in [3.8, 4) is 5.69 Å². The van der Waals surface area contributed by atoms with Crippen LogP contribution in [0, 0.1) is 34.6 Å². The summed E-state index contributed by atoms with van der Waals surface area (Å²) in [6.07, 6.45) is 2.78. The number of fused-ring (bicyclic) bond motifs is 1. The molecule has 4 aromatic rings. The van der Waals surface area contributed by atoms with Crippen LogP contribution in [0.3, 0.4) is 0 Å². The minimum absolute atomic E-state index is 0.208. The van der Waals surface area contributed by atoms with Crippen LogP contribution in [0.25, 0.3) is 16.7 Å². The van der Waals surface area contributed by atoms with E-state index in [1.54, 1.807) is 4.68 Å². The number of nitrogens with one attached hydrogen (secondary N) is 2. The van der Waals surface area contributed by atoms with E-state index in [9.17, 15) is 14.4 Å². The highest BCUT2D eigenvalue weighted by atomic mass is 16.2. The molecule has 2 heterocycles. The summed E-state index contributed by atoms with van der Waals surface area (Å²) < 4.78 is 2.82. The molecule has 0 atom stereocenters. The SMILES string of the molecule is Cc1cc(C)cc(-n2ncc3c(=O)n(CC(=O)NCC(=O)Nc4c(C)cc(C)cc4C)cnc32)c1. The second-order valence-corrected chi connectivity index (χ2v) is 8.92. The Morgan fingerprint density at radius 1 is 0.886 bits per heavy atom. The quantitative estimate of drug-likeness (QED) is 0.448. The highest BCUT2D eigenvalue weighted by Crippen LogP contribution is 2.21. The van der Waals surface area contributed by atoms with Gasteiger partial charge >= 0.3 is 0 Å². The topological polar surface area (TPSA) is 111 Å². The third-order valence-corrected chi connectivity index (χ3v) is 5.71. The van der Waals surface area contributed by atoms with Gasteiger partial charge in [-0.2, -0.15) is 5.10 Å². The molecular formula is C26H28N6O3. The average Bonchev–Trinajstić information content (AvgIpc) is 3.21. The van der Waals surface area contributed by atoms with Gasteiger partial charge in [0.15, 0.2) is 5.65 Å². The molecular weight excluding hydrogens is 444 g/mol. The summed E-state index contributed by atoms with van der Waals surface area (Å²) in [5, 5.41) is 10.0. The third-order valence-electron chi connectivity index (χ3n) is 5.71. The maximum Gasteiger partial charge on any atom is 0.264 e. The minimum Gasteiger partial charge on any atom is -0.345 e. The van der Waals surface area contributed by atoms with Crippen molar-refractivity contribution in [1.29, 1.82) is 0 Å². The second kappa shape index (κ2) is 9.54. The molecule has 0 saturated heterocycles. The molecule has 0 unspecified atom stereocenters. The normalized spacial score (nSPS) is 11.0. The minimum atomic E-state index is -0.470. The number of amides is 2. The number of nitrogens with zero attached hydrogens (tertiary/aromatic N) is 4. The number of carbonyl (C=O) groups is 2. The lowest BCUT2D eigenvalue weighted by molar-refractivity contribution is -0.124. The molecule has 0 fully saturated rings. The summed E-state index contributed by atoms with van der Waals surface area (Å²) in [4.78, 5) is 42.1. The Labute approximate surface area is 202 Å². The van der Waals surface area contributed by atoms with Gasteiger partial charge in [-0.25, -0.2) is 9.67 Å². The molecule has 2 aromatic heterocycles. The maximum atomic E-state index is 12.9. The highest BCUT2D eigenvalue weighted by molar-refractivity contribution is 5.95. The van der Waals surface area contributed by atoms with Crippen molar-refractivity contribution in [3.63, 3.8) is 0 Å². The Hall–Kier alpha value is -4.27. The van der Waals surface area contributed by atoms with Gasteiger partial charge in [0.05, 0.1) is 18.4 Å². The van der Waals surface area contributed by atoms with Crippen molar-refractivity contribution in [1.82, 2.24) is 24.6 Å². The standard InChI is InChI=1S/C26H28N6O3/c1-15-6-16(2)10-20(9-15)32-25-21(11-29-32)26(35)31(14-28-25)13-23(34)27-12-22(33)30-24-18(4)7-17(3)8-19(24)5/h6-11,14H,12-13H2,1-5H3,(H,27,34)(H,30,33). The molecule has 2 N–H and O–H groups in total. The fraction of sp³-hybridized carbons (Fsp3) is 0.269. The van der Waals surface area contributed by atoms with E-state index in [0.717, 1.165) is 39.2 Å². The summed E-state index contributed by atoms with van der Waals surface area (Å²) in [6.45, 7) is 9.36. The number of aryl methyl sites for hydroxylation is 5. The van der Waals surface area contributed by atoms with Gasteiger partial charge in [0.2, 0.25) is 11.8 Å². The van der Waals surface area contributed by atoms with Crippen LogP contribution >= 0.6 is 0 Å². The molecule has 2 amide bonds. The predicted octanol–water partition coefficient (Wildman–Crippen LogP) is 2.88. The molecule has 2 aromatic carbocycles. The van der Waals surface area contributed by atoms with Gasteiger partial charge in [-0.05, 0) is 69.0 Å². The van der Waals surface area contributed by atoms with Crippen molar-refractivity contribution in [2.45, 2.75) is 41.2 Å². The zero-order valence-electron chi connectivity index (χ0n) is 20.5. The number of aromatic nitrogens is 4. The Bertz CT molecular complexity index is 1470. The zero-order chi connectivity index (χ0) is 25.3. The van der Waals surface area contributed by atoms with Crippen LogP contribution in [0.15, 0.2) is 47.7 Å². The predicted molar refractivity (Wildman–Crippen MR) is 135 cm³/mol. The molecule has 0 aliphatic carbocycles. The number of rotatable bonds is 6. The van der Waals surface area contributed by atoms with Crippen LogP contribution in [-0.4, -0.2) is 37.7 Å². The Balaban J connectivity index is 1.44. The number of hydrogen-bond acceptors (Lipinski definition) is 5. The van der Waals surface area contributed by atoms with Crippen LogP contribution in [-0.2, 0) is 16.1 Å². The summed E-state index contributed by atoms with van der Waals surface area (Å²) in [5.74, 6) is -0.813. The second-order valence-electron chi connectivity index (χ2n) is 8.92. The Kier molecular flexibility index (Phi) is 6.50. The van der Waals surface area contributed by atoms with E-state index in [-0.39, 0.29) is 24.6 Å². The average molecular weight is 473 g/mol. The molecule has 0 saturated carbocycles. The van der Waals surface area contributed by atoms with Crippen LogP contribution < -0.4 is 16.2 Å². The van der Waals surface area contributed by atoms with Crippen molar-refractivity contribution in [3.05, 3.63) is 81.0 Å². The first kappa shape index (κ1) is 23.9. The molecule has 0 radical (unpaired) electrons. The molecule has 0 aliphatic heterocycles. The molecule has 0 aliphatic rings. The first-order valence-electron chi connectivity index (χ1n) is 11.3. The van der Waals surface area contributed by atoms with Crippen LogP contribution in [0.4, 0.5) is 5.69 Å². The van der Waals surface area contributed by atoms with Crippen molar-refractivity contribution >= 4 is 28.5 Å². The number of benzene rings is 2. The molecule has 35 heavy (non-hydrogen) atoms. The molecule has 9 nitrogen and oxygen atoms in total. The van der Waals surface area contributed by atoms with Crippen molar-refractivity contribution in [2.75, 3.05) is 11.9 Å². The van der Waals surface area contributed by atoms with Gasteiger partial charge in [-0.15, -0.1) is 0 Å². The fourth-order valence-corrected chi connectivity index (χ4v) is 4.27. The zero-order valence-corrected chi connectivity index (χ0v) is 20.5. The van der Waals surface area contributed by atoms with Crippen LogP contribution in [0.5, 0.6) is 0 Å². The van der Waals surface area contributed by atoms with E-state index in [4.69, 9.17) is 0 Å². The molecule has 0 spiro atoms. The van der Waals surface area contributed by atoms with E-state index in [2.05, 4.69) is 26.8 Å².